The Bertz CT molecular complexity index is 657. The van der Waals surface area contributed by atoms with Crippen molar-refractivity contribution < 1.29 is 18.7 Å². The second-order valence-electron chi connectivity index (χ2n) is 4.65. The number of nitrogens with zero attached hydrogens (tertiary/aromatic N) is 1. The lowest BCUT2D eigenvalue weighted by molar-refractivity contribution is 0.310. The summed E-state index contributed by atoms with van der Waals surface area (Å²) in [7, 11) is 0. The summed E-state index contributed by atoms with van der Waals surface area (Å²) in [6.07, 6.45) is 2.14. The molecule has 0 heterocycles. The molecule has 0 spiro atoms. The average Bonchev–Trinajstić information content (AvgIpc) is 2.44. The van der Waals surface area contributed by atoms with Gasteiger partial charge in [0.2, 0.25) is 0 Å². The van der Waals surface area contributed by atoms with Crippen LogP contribution >= 0.6 is 11.6 Å². The van der Waals surface area contributed by atoms with Gasteiger partial charge in [-0.3, -0.25) is 0 Å². The van der Waals surface area contributed by atoms with E-state index in [1.807, 2.05) is 0 Å². The van der Waals surface area contributed by atoms with Crippen molar-refractivity contribution in [2.45, 2.75) is 12.8 Å². The molecule has 0 fully saturated rings. The average molecular weight is 326 g/mol. The largest absolute Gasteiger partial charge is 0.492 e. The van der Waals surface area contributed by atoms with Crippen molar-refractivity contribution in [3.63, 3.8) is 0 Å². The fraction of sp³-hybridized carbons (Fsp3) is 0.188. The smallest absolute Gasteiger partial charge is 0.137 e. The molecule has 2 aromatic rings. The first-order valence-electron chi connectivity index (χ1n) is 6.60. The fourth-order valence-corrected chi connectivity index (χ4v) is 2.26. The first kappa shape index (κ1) is 16.2. The highest BCUT2D eigenvalue weighted by Crippen LogP contribution is 2.26. The number of halogens is 3. The zero-order valence-corrected chi connectivity index (χ0v) is 12.4. The third-order valence-corrected chi connectivity index (χ3v) is 3.21. The molecule has 0 aromatic heterocycles. The van der Waals surface area contributed by atoms with E-state index >= 15 is 0 Å². The van der Waals surface area contributed by atoms with Crippen molar-refractivity contribution >= 4 is 17.8 Å². The van der Waals surface area contributed by atoms with Crippen LogP contribution in [0.2, 0.25) is 5.02 Å². The second kappa shape index (κ2) is 7.75. The first-order valence-corrected chi connectivity index (χ1v) is 6.98. The molecule has 0 aliphatic carbocycles. The summed E-state index contributed by atoms with van der Waals surface area (Å²) in [5, 5.41) is 11.5. The Labute approximate surface area is 131 Å². The van der Waals surface area contributed by atoms with Crippen LogP contribution in [0.15, 0.2) is 41.6 Å². The summed E-state index contributed by atoms with van der Waals surface area (Å²) in [5.41, 5.74) is 1.35. The van der Waals surface area contributed by atoms with Crippen LogP contribution in [-0.4, -0.2) is 18.0 Å². The van der Waals surface area contributed by atoms with Gasteiger partial charge in [0.05, 0.1) is 11.6 Å². The van der Waals surface area contributed by atoms with Crippen LogP contribution in [0.25, 0.3) is 0 Å². The van der Waals surface area contributed by atoms with Gasteiger partial charge in [0.25, 0.3) is 0 Å². The molecular weight excluding hydrogens is 312 g/mol. The molecule has 1 N–H and O–H groups in total. The Kier molecular flexibility index (Phi) is 5.72. The van der Waals surface area contributed by atoms with E-state index in [-0.39, 0.29) is 0 Å². The van der Waals surface area contributed by atoms with E-state index in [4.69, 9.17) is 21.5 Å². The minimum absolute atomic E-state index is 0.332. The van der Waals surface area contributed by atoms with Crippen molar-refractivity contribution in [2.24, 2.45) is 5.16 Å². The van der Waals surface area contributed by atoms with Gasteiger partial charge in [-0.25, -0.2) is 8.78 Å². The lowest BCUT2D eigenvalue weighted by Gasteiger charge is -2.09. The highest BCUT2D eigenvalue weighted by Gasteiger charge is 2.06. The van der Waals surface area contributed by atoms with Crippen LogP contribution in [0.5, 0.6) is 5.75 Å². The Morgan fingerprint density at radius 2 is 1.82 bits per heavy atom. The van der Waals surface area contributed by atoms with Crippen molar-refractivity contribution in [1.82, 2.24) is 0 Å². The summed E-state index contributed by atoms with van der Waals surface area (Å²) in [4.78, 5) is 0. The van der Waals surface area contributed by atoms with Gasteiger partial charge in [0.15, 0.2) is 0 Å². The van der Waals surface area contributed by atoms with Crippen molar-refractivity contribution in [3.8, 4) is 5.75 Å². The predicted molar refractivity (Wildman–Crippen MR) is 81.0 cm³/mol. The quantitative estimate of drug-likeness (QED) is 0.369. The number of hydrogen-bond acceptors (Lipinski definition) is 3. The van der Waals surface area contributed by atoms with E-state index in [9.17, 15) is 8.78 Å². The van der Waals surface area contributed by atoms with Gasteiger partial charge in [-0.05, 0) is 41.8 Å². The van der Waals surface area contributed by atoms with Crippen LogP contribution in [0.1, 0.15) is 17.5 Å². The van der Waals surface area contributed by atoms with Crippen LogP contribution in [0.3, 0.4) is 0 Å². The fourth-order valence-electron chi connectivity index (χ4n) is 2.00. The van der Waals surface area contributed by atoms with Crippen LogP contribution in [0.4, 0.5) is 8.78 Å². The van der Waals surface area contributed by atoms with Gasteiger partial charge in [-0.2, -0.15) is 0 Å². The predicted octanol–water partition coefficient (Wildman–Crippen LogP) is 4.44. The molecule has 2 rings (SSSR count). The minimum atomic E-state index is -0.605. The molecule has 116 valence electrons. The summed E-state index contributed by atoms with van der Waals surface area (Å²) in [6, 6.07) is 8.59. The molecule has 0 aliphatic rings. The molecule has 0 amide bonds. The molecular formula is C16H14ClF2NO2. The van der Waals surface area contributed by atoms with E-state index < -0.39 is 11.6 Å². The molecule has 3 nitrogen and oxygen atoms in total. The number of rotatable bonds is 6. The Balaban J connectivity index is 2.05. The maximum atomic E-state index is 13.2. The molecule has 0 saturated heterocycles. The molecule has 0 bridgehead atoms. The van der Waals surface area contributed by atoms with Gasteiger partial charge in [-0.1, -0.05) is 17.7 Å². The number of benzene rings is 2. The Morgan fingerprint density at radius 3 is 2.45 bits per heavy atom. The standard InChI is InChI=1S/C16H14ClF2NO2/c17-15-9-11(2-3-16(15)22-5-1-4-20-21)6-12-7-13(18)10-14(19)8-12/h2-4,7-10,21H,1,5-6H2. The lowest BCUT2D eigenvalue weighted by Crippen LogP contribution is -1.99. The molecule has 6 heteroatoms. The monoisotopic (exact) mass is 325 g/mol. The minimum Gasteiger partial charge on any atom is -0.492 e. The molecule has 22 heavy (non-hydrogen) atoms. The highest BCUT2D eigenvalue weighted by atomic mass is 35.5. The molecule has 2 aromatic carbocycles. The summed E-state index contributed by atoms with van der Waals surface area (Å²) in [6.45, 7) is 0.332. The van der Waals surface area contributed by atoms with Crippen molar-refractivity contribution in [1.29, 1.82) is 0 Å². The zero-order chi connectivity index (χ0) is 15.9. The van der Waals surface area contributed by atoms with E-state index in [1.165, 1.54) is 18.3 Å². The van der Waals surface area contributed by atoms with Gasteiger partial charge in [0.1, 0.15) is 17.4 Å². The molecule has 0 radical (unpaired) electrons. The van der Waals surface area contributed by atoms with Crippen LogP contribution in [0, 0.1) is 11.6 Å². The molecule has 0 saturated carbocycles. The van der Waals surface area contributed by atoms with Gasteiger partial charge >= 0.3 is 0 Å². The van der Waals surface area contributed by atoms with Gasteiger partial charge < -0.3 is 9.94 Å². The number of oxime groups is 1. The maximum absolute atomic E-state index is 13.2. The molecule has 0 atom stereocenters. The Hall–Kier alpha value is -2.14. The highest BCUT2D eigenvalue weighted by molar-refractivity contribution is 6.32. The topological polar surface area (TPSA) is 41.8 Å². The SMILES string of the molecule is ON=CCCOc1ccc(Cc2cc(F)cc(F)c2)cc1Cl. The van der Waals surface area contributed by atoms with Crippen molar-refractivity contribution in [2.75, 3.05) is 6.61 Å². The van der Waals surface area contributed by atoms with E-state index in [0.29, 0.717) is 35.8 Å². The van der Waals surface area contributed by atoms with Crippen LogP contribution < -0.4 is 4.74 Å². The number of ether oxygens (including phenoxy) is 1. The first-order chi connectivity index (χ1) is 10.6. The summed E-state index contributed by atoms with van der Waals surface area (Å²) < 4.78 is 31.8. The third kappa shape index (κ3) is 4.70. The second-order valence-corrected chi connectivity index (χ2v) is 5.06. The molecule has 0 unspecified atom stereocenters. The summed E-state index contributed by atoms with van der Waals surface area (Å²) in [5.74, 6) is -0.708. The maximum Gasteiger partial charge on any atom is 0.137 e. The third-order valence-electron chi connectivity index (χ3n) is 2.91. The van der Waals surface area contributed by atoms with Crippen LogP contribution in [-0.2, 0) is 6.42 Å². The van der Waals surface area contributed by atoms with Crippen molar-refractivity contribution in [3.05, 3.63) is 64.2 Å². The van der Waals surface area contributed by atoms with Gasteiger partial charge in [-0.15, -0.1) is 5.16 Å². The zero-order valence-electron chi connectivity index (χ0n) is 11.6. The summed E-state index contributed by atoms with van der Waals surface area (Å²) >= 11 is 6.11. The van der Waals surface area contributed by atoms with E-state index in [0.717, 1.165) is 11.6 Å². The molecule has 0 aliphatic heterocycles. The number of hydrogen-bond donors (Lipinski definition) is 1. The normalized spacial score (nSPS) is 11.0. The van der Waals surface area contributed by atoms with E-state index in [1.54, 1.807) is 18.2 Å². The van der Waals surface area contributed by atoms with E-state index in [2.05, 4.69) is 5.16 Å². The van der Waals surface area contributed by atoms with Gasteiger partial charge in [0, 0.05) is 18.7 Å². The Morgan fingerprint density at radius 1 is 1.09 bits per heavy atom. The lowest BCUT2D eigenvalue weighted by atomic mass is 10.0.